The van der Waals surface area contributed by atoms with Gasteiger partial charge in [0.05, 0.1) is 18.2 Å². The number of nitrogens with one attached hydrogen (secondary N) is 1. The van der Waals surface area contributed by atoms with Crippen LogP contribution in [0.3, 0.4) is 0 Å². The van der Waals surface area contributed by atoms with E-state index in [9.17, 15) is 14.4 Å². The predicted molar refractivity (Wildman–Crippen MR) is 115 cm³/mol. The number of nitrogens with zero attached hydrogens (tertiary/aromatic N) is 1. The quantitative estimate of drug-likeness (QED) is 0.650. The zero-order valence-electron chi connectivity index (χ0n) is 16.9. The van der Waals surface area contributed by atoms with Gasteiger partial charge in [0.2, 0.25) is 5.91 Å². The van der Waals surface area contributed by atoms with Gasteiger partial charge in [-0.25, -0.2) is 0 Å². The van der Waals surface area contributed by atoms with E-state index >= 15 is 0 Å². The van der Waals surface area contributed by atoms with Crippen molar-refractivity contribution < 1.29 is 19.1 Å². The van der Waals surface area contributed by atoms with Crippen molar-refractivity contribution in [1.29, 1.82) is 0 Å². The molecule has 2 heterocycles. The molecule has 5 rings (SSSR count). The third-order valence-corrected chi connectivity index (χ3v) is 6.19. The molecule has 0 bridgehead atoms. The molecular formula is C25H20N2O4. The van der Waals surface area contributed by atoms with E-state index in [-0.39, 0.29) is 30.7 Å². The van der Waals surface area contributed by atoms with Crippen LogP contribution in [0.1, 0.15) is 38.3 Å². The van der Waals surface area contributed by atoms with Crippen molar-refractivity contribution in [1.82, 2.24) is 4.90 Å². The molecule has 1 atom stereocenters. The van der Waals surface area contributed by atoms with E-state index in [4.69, 9.17) is 4.74 Å². The molecule has 3 amide bonds. The molecule has 6 heteroatoms. The third-order valence-electron chi connectivity index (χ3n) is 6.19. The fourth-order valence-electron chi connectivity index (χ4n) is 4.59. The lowest BCUT2D eigenvalue weighted by Crippen LogP contribution is -2.41. The fourth-order valence-corrected chi connectivity index (χ4v) is 4.59. The van der Waals surface area contributed by atoms with Crippen LogP contribution in [0.4, 0.5) is 5.69 Å². The number of ether oxygens (including phenoxy) is 1. The van der Waals surface area contributed by atoms with Crippen molar-refractivity contribution in [3.8, 4) is 5.75 Å². The van der Waals surface area contributed by atoms with Gasteiger partial charge in [0, 0.05) is 12.2 Å². The standard InChI is InChI=1S/C25H20N2O4/c1-31-17-12-10-16(11-13-17)25(20-8-4-5-9-21(20)26-24(25)30)14-15-27-22(28)18-6-2-3-7-19(18)23(27)29/h2-13H,14-15H2,1H3,(H,26,30)/t25-/m0/s1. The predicted octanol–water partition coefficient (Wildman–Crippen LogP) is 3.62. The maximum atomic E-state index is 13.4. The van der Waals surface area contributed by atoms with Crippen LogP contribution in [-0.2, 0) is 10.2 Å². The molecule has 3 aromatic carbocycles. The first-order chi connectivity index (χ1) is 15.1. The summed E-state index contributed by atoms with van der Waals surface area (Å²) in [7, 11) is 1.59. The van der Waals surface area contributed by atoms with Crippen LogP contribution in [0, 0.1) is 0 Å². The molecule has 6 nitrogen and oxygen atoms in total. The Labute approximate surface area is 179 Å². The Balaban J connectivity index is 1.55. The lowest BCUT2D eigenvalue weighted by Gasteiger charge is -2.30. The molecule has 3 aromatic rings. The second kappa shape index (κ2) is 7.09. The van der Waals surface area contributed by atoms with Gasteiger partial charge in [-0.3, -0.25) is 19.3 Å². The number of methoxy groups -OCH3 is 1. The van der Waals surface area contributed by atoms with E-state index in [0.717, 1.165) is 16.8 Å². The Morgan fingerprint density at radius 1 is 0.839 bits per heavy atom. The van der Waals surface area contributed by atoms with Crippen LogP contribution in [0.15, 0.2) is 72.8 Å². The lowest BCUT2D eigenvalue weighted by molar-refractivity contribution is -0.119. The zero-order valence-corrected chi connectivity index (χ0v) is 16.9. The number of benzene rings is 3. The summed E-state index contributed by atoms with van der Waals surface area (Å²) >= 11 is 0. The molecule has 154 valence electrons. The number of fused-ring (bicyclic) bond motifs is 2. The summed E-state index contributed by atoms with van der Waals surface area (Å²) in [6.07, 6.45) is 0.271. The smallest absolute Gasteiger partial charge is 0.261 e. The van der Waals surface area contributed by atoms with Gasteiger partial charge < -0.3 is 10.1 Å². The summed E-state index contributed by atoms with van der Waals surface area (Å²) in [6, 6.07) is 21.7. The number of carbonyl (C=O) groups excluding carboxylic acids is 3. The van der Waals surface area contributed by atoms with Gasteiger partial charge in [-0.05, 0) is 47.9 Å². The van der Waals surface area contributed by atoms with Crippen LogP contribution in [-0.4, -0.2) is 36.3 Å². The van der Waals surface area contributed by atoms with Crippen molar-refractivity contribution >= 4 is 23.4 Å². The van der Waals surface area contributed by atoms with Gasteiger partial charge in [-0.15, -0.1) is 0 Å². The summed E-state index contributed by atoms with van der Waals surface area (Å²) in [6.45, 7) is 0.125. The first-order valence-electron chi connectivity index (χ1n) is 10.1. The summed E-state index contributed by atoms with van der Waals surface area (Å²) in [4.78, 5) is 40.3. The summed E-state index contributed by atoms with van der Waals surface area (Å²) in [5.41, 5.74) is 2.16. The maximum Gasteiger partial charge on any atom is 0.261 e. The average molecular weight is 412 g/mol. The van der Waals surface area contributed by atoms with Crippen LogP contribution in [0.5, 0.6) is 5.75 Å². The SMILES string of the molecule is COc1ccc([C@]2(CCN3C(=O)c4ccccc4C3=O)C(=O)Nc3ccccc32)cc1. The highest BCUT2D eigenvalue weighted by Gasteiger charge is 2.49. The number of imide groups is 1. The molecule has 0 aliphatic carbocycles. The van der Waals surface area contributed by atoms with E-state index in [1.807, 2.05) is 48.5 Å². The highest BCUT2D eigenvalue weighted by molar-refractivity contribution is 6.21. The normalized spacial score (nSPS) is 19.3. The van der Waals surface area contributed by atoms with Crippen LogP contribution >= 0.6 is 0 Å². The fraction of sp³-hybridized carbons (Fsp3) is 0.160. The molecule has 31 heavy (non-hydrogen) atoms. The minimum absolute atomic E-state index is 0.125. The largest absolute Gasteiger partial charge is 0.497 e. The highest BCUT2D eigenvalue weighted by Crippen LogP contribution is 2.46. The van der Waals surface area contributed by atoms with E-state index in [1.54, 1.807) is 31.4 Å². The monoisotopic (exact) mass is 412 g/mol. The molecule has 0 spiro atoms. The number of para-hydroxylation sites is 1. The highest BCUT2D eigenvalue weighted by atomic mass is 16.5. The number of hydrogen-bond donors (Lipinski definition) is 1. The Bertz CT molecular complexity index is 1180. The van der Waals surface area contributed by atoms with Crippen molar-refractivity contribution in [2.75, 3.05) is 19.0 Å². The van der Waals surface area contributed by atoms with Gasteiger partial charge in [-0.1, -0.05) is 42.5 Å². The topological polar surface area (TPSA) is 75.7 Å². The number of rotatable bonds is 5. The van der Waals surface area contributed by atoms with Crippen LogP contribution in [0.25, 0.3) is 0 Å². The van der Waals surface area contributed by atoms with Crippen molar-refractivity contribution in [2.24, 2.45) is 0 Å². The Morgan fingerprint density at radius 2 is 1.45 bits per heavy atom. The molecule has 1 N–H and O–H groups in total. The molecule has 2 aliphatic rings. The average Bonchev–Trinajstić information content (AvgIpc) is 3.23. The summed E-state index contributed by atoms with van der Waals surface area (Å²) in [5.74, 6) is -0.129. The summed E-state index contributed by atoms with van der Waals surface area (Å²) in [5, 5.41) is 2.97. The van der Waals surface area contributed by atoms with Crippen LogP contribution in [0.2, 0.25) is 0 Å². The van der Waals surface area contributed by atoms with Gasteiger partial charge in [-0.2, -0.15) is 0 Å². The van der Waals surface area contributed by atoms with E-state index in [1.165, 1.54) is 4.90 Å². The molecule has 0 fully saturated rings. The zero-order chi connectivity index (χ0) is 21.6. The van der Waals surface area contributed by atoms with Gasteiger partial charge in [0.1, 0.15) is 11.2 Å². The molecule has 0 saturated carbocycles. The lowest BCUT2D eigenvalue weighted by atomic mass is 9.72. The molecule has 2 aliphatic heterocycles. The van der Waals surface area contributed by atoms with Gasteiger partial charge in [0.15, 0.2) is 0 Å². The summed E-state index contributed by atoms with van der Waals surface area (Å²) < 4.78 is 5.27. The van der Waals surface area contributed by atoms with Gasteiger partial charge >= 0.3 is 0 Å². The maximum absolute atomic E-state index is 13.4. The van der Waals surface area contributed by atoms with E-state index < -0.39 is 5.41 Å². The first-order valence-corrected chi connectivity index (χ1v) is 10.1. The number of anilines is 1. The Kier molecular flexibility index (Phi) is 4.36. The number of carbonyl (C=O) groups is 3. The second-order valence-corrected chi connectivity index (χ2v) is 7.69. The minimum atomic E-state index is -1.02. The van der Waals surface area contributed by atoms with Crippen molar-refractivity contribution in [3.05, 3.63) is 95.1 Å². The molecular weight excluding hydrogens is 392 g/mol. The second-order valence-electron chi connectivity index (χ2n) is 7.69. The van der Waals surface area contributed by atoms with Gasteiger partial charge in [0.25, 0.3) is 11.8 Å². The third kappa shape index (κ3) is 2.75. The molecule has 0 unspecified atom stereocenters. The minimum Gasteiger partial charge on any atom is -0.497 e. The van der Waals surface area contributed by atoms with Crippen molar-refractivity contribution in [2.45, 2.75) is 11.8 Å². The van der Waals surface area contributed by atoms with Crippen LogP contribution < -0.4 is 10.1 Å². The Morgan fingerprint density at radius 3 is 2.10 bits per heavy atom. The van der Waals surface area contributed by atoms with E-state index in [2.05, 4.69) is 5.32 Å². The molecule has 0 aromatic heterocycles. The molecule has 0 saturated heterocycles. The molecule has 0 radical (unpaired) electrons. The number of hydrogen-bond acceptors (Lipinski definition) is 4. The van der Waals surface area contributed by atoms with Crippen molar-refractivity contribution in [3.63, 3.8) is 0 Å². The van der Waals surface area contributed by atoms with E-state index in [0.29, 0.717) is 16.9 Å². The first kappa shape index (κ1) is 19.1. The Hall–Kier alpha value is -3.93. The number of amides is 3.